The Morgan fingerprint density at radius 1 is 1.03 bits per heavy atom. The summed E-state index contributed by atoms with van der Waals surface area (Å²) in [6.45, 7) is 2.96. The van der Waals surface area contributed by atoms with Gasteiger partial charge < -0.3 is 14.2 Å². The Balaban J connectivity index is 1.83. The molecule has 1 amide bonds. The van der Waals surface area contributed by atoms with E-state index in [0.29, 0.717) is 16.1 Å². The van der Waals surface area contributed by atoms with Crippen LogP contribution in [0.25, 0.3) is 0 Å². The normalized spacial score (nSPS) is 11.2. The molecular formula is C26H26ClN3O7S. The zero-order valence-corrected chi connectivity index (χ0v) is 22.7. The zero-order valence-electron chi connectivity index (χ0n) is 21.1. The summed E-state index contributed by atoms with van der Waals surface area (Å²) in [4.78, 5) is 24.2. The molecule has 12 heteroatoms. The Morgan fingerprint density at radius 3 is 2.39 bits per heavy atom. The lowest BCUT2D eigenvalue weighted by Crippen LogP contribution is -2.40. The first-order valence-electron chi connectivity index (χ1n) is 11.2. The fourth-order valence-electron chi connectivity index (χ4n) is 3.33. The first kappa shape index (κ1) is 28.5. The Morgan fingerprint density at radius 2 is 1.74 bits per heavy atom. The summed E-state index contributed by atoms with van der Waals surface area (Å²) in [5.74, 6) is -0.319. The fraction of sp³-hybridized carbons (Fsp3) is 0.192. The third-order valence-corrected chi connectivity index (χ3v) is 7.54. The molecule has 3 aromatic carbocycles. The van der Waals surface area contributed by atoms with Crippen molar-refractivity contribution in [1.82, 2.24) is 5.43 Å². The monoisotopic (exact) mass is 559 g/mol. The van der Waals surface area contributed by atoms with Crippen LogP contribution < -0.4 is 19.2 Å². The molecule has 0 aliphatic rings. The molecule has 38 heavy (non-hydrogen) atoms. The number of hydrogen-bond acceptors (Lipinski definition) is 8. The van der Waals surface area contributed by atoms with Crippen LogP contribution in [0.3, 0.4) is 0 Å². The molecule has 0 aliphatic heterocycles. The van der Waals surface area contributed by atoms with E-state index in [1.54, 1.807) is 43.3 Å². The van der Waals surface area contributed by atoms with Crippen LogP contribution in [0.4, 0.5) is 10.5 Å². The number of sulfonamides is 1. The van der Waals surface area contributed by atoms with E-state index < -0.39 is 28.6 Å². The molecule has 0 aromatic heterocycles. The number of methoxy groups -OCH3 is 2. The molecule has 0 heterocycles. The standard InChI is InChI=1S/C26H26ClN3O7S/c1-17-8-11-20(12-9-17)38(33,34)30(22-7-5-6-21(27)18(22)2)16-25(31)29-28-15-19-10-13-23(24(14-19)35-3)37-26(32)36-4/h5-15H,16H2,1-4H3,(H,29,31)/b28-15-. The van der Waals surface area contributed by atoms with Crippen molar-refractivity contribution in [2.24, 2.45) is 5.10 Å². The number of aryl methyl sites for hydroxylation is 1. The van der Waals surface area contributed by atoms with Crippen molar-refractivity contribution in [2.75, 3.05) is 25.1 Å². The maximum Gasteiger partial charge on any atom is 0.513 e. The van der Waals surface area contributed by atoms with Gasteiger partial charge in [0.1, 0.15) is 6.54 Å². The summed E-state index contributed by atoms with van der Waals surface area (Å²) >= 11 is 6.24. The smallest absolute Gasteiger partial charge is 0.493 e. The van der Waals surface area contributed by atoms with E-state index in [2.05, 4.69) is 15.3 Å². The first-order valence-corrected chi connectivity index (χ1v) is 13.0. The van der Waals surface area contributed by atoms with Gasteiger partial charge in [0.05, 0.1) is 31.0 Å². The minimum absolute atomic E-state index is 0.0279. The van der Waals surface area contributed by atoms with Crippen molar-refractivity contribution in [2.45, 2.75) is 18.7 Å². The van der Waals surface area contributed by atoms with Gasteiger partial charge in [0.25, 0.3) is 15.9 Å². The molecule has 0 radical (unpaired) electrons. The largest absolute Gasteiger partial charge is 0.513 e. The number of hydrogen-bond donors (Lipinski definition) is 1. The summed E-state index contributed by atoms with van der Waals surface area (Å²) in [7, 11) is -1.54. The lowest BCUT2D eigenvalue weighted by atomic mass is 10.2. The van der Waals surface area contributed by atoms with Crippen LogP contribution in [0.15, 0.2) is 70.7 Å². The summed E-state index contributed by atoms with van der Waals surface area (Å²) < 4.78 is 42.7. The molecule has 200 valence electrons. The Labute approximate surface area is 225 Å². The average Bonchev–Trinajstić information content (AvgIpc) is 2.90. The molecule has 3 aromatic rings. The highest BCUT2D eigenvalue weighted by molar-refractivity contribution is 7.92. The van der Waals surface area contributed by atoms with E-state index in [1.807, 2.05) is 6.92 Å². The third kappa shape index (κ3) is 6.81. The van der Waals surface area contributed by atoms with Crippen molar-refractivity contribution in [3.63, 3.8) is 0 Å². The van der Waals surface area contributed by atoms with Crippen LogP contribution in [0.2, 0.25) is 5.02 Å². The Kier molecular flexibility index (Phi) is 9.32. The number of carbonyl (C=O) groups excluding carboxylic acids is 2. The number of amides is 1. The topological polar surface area (TPSA) is 124 Å². The number of halogens is 1. The van der Waals surface area contributed by atoms with Gasteiger partial charge in [0.15, 0.2) is 11.5 Å². The van der Waals surface area contributed by atoms with E-state index in [1.165, 1.54) is 44.7 Å². The number of rotatable bonds is 9. The number of benzene rings is 3. The summed E-state index contributed by atoms with van der Waals surface area (Å²) in [6, 6.07) is 15.7. The maximum atomic E-state index is 13.5. The maximum absolute atomic E-state index is 13.5. The quantitative estimate of drug-likeness (QED) is 0.178. The second-order valence-electron chi connectivity index (χ2n) is 7.97. The van der Waals surface area contributed by atoms with E-state index in [-0.39, 0.29) is 22.1 Å². The van der Waals surface area contributed by atoms with Crippen molar-refractivity contribution >= 4 is 45.6 Å². The minimum atomic E-state index is -4.11. The predicted molar refractivity (Wildman–Crippen MR) is 144 cm³/mol. The van der Waals surface area contributed by atoms with Gasteiger partial charge in [-0.05, 0) is 67.4 Å². The molecule has 1 N–H and O–H groups in total. The van der Waals surface area contributed by atoms with E-state index in [9.17, 15) is 18.0 Å². The number of hydrazone groups is 1. The zero-order chi connectivity index (χ0) is 27.9. The molecule has 0 bridgehead atoms. The van der Waals surface area contributed by atoms with Crippen LogP contribution in [0, 0.1) is 13.8 Å². The predicted octanol–water partition coefficient (Wildman–Crippen LogP) is 4.46. The molecular weight excluding hydrogens is 534 g/mol. The Bertz CT molecular complexity index is 1460. The van der Waals surface area contributed by atoms with Gasteiger partial charge in [-0.25, -0.2) is 18.6 Å². The highest BCUT2D eigenvalue weighted by Gasteiger charge is 2.28. The van der Waals surface area contributed by atoms with Gasteiger partial charge in [-0.15, -0.1) is 0 Å². The second-order valence-corrected chi connectivity index (χ2v) is 10.2. The summed E-state index contributed by atoms with van der Waals surface area (Å²) in [5, 5.41) is 4.28. The number of nitrogens with one attached hydrogen (secondary N) is 1. The van der Waals surface area contributed by atoms with Gasteiger partial charge in [0.2, 0.25) is 0 Å². The molecule has 0 saturated carbocycles. The van der Waals surface area contributed by atoms with Crippen LogP contribution in [-0.4, -0.2) is 47.5 Å². The lowest BCUT2D eigenvalue weighted by Gasteiger charge is -2.25. The van der Waals surface area contributed by atoms with Crippen LogP contribution in [0.5, 0.6) is 11.5 Å². The Hall–Kier alpha value is -4.09. The van der Waals surface area contributed by atoms with Crippen molar-refractivity contribution in [1.29, 1.82) is 0 Å². The summed E-state index contributed by atoms with van der Waals surface area (Å²) in [5.41, 5.74) is 4.51. The van der Waals surface area contributed by atoms with Crippen LogP contribution in [0.1, 0.15) is 16.7 Å². The van der Waals surface area contributed by atoms with Gasteiger partial charge in [-0.3, -0.25) is 9.10 Å². The molecule has 0 unspecified atom stereocenters. The fourth-order valence-corrected chi connectivity index (χ4v) is 4.98. The van der Waals surface area contributed by atoms with Gasteiger partial charge in [-0.1, -0.05) is 35.4 Å². The molecule has 0 saturated heterocycles. The second kappa shape index (κ2) is 12.4. The lowest BCUT2D eigenvalue weighted by molar-refractivity contribution is -0.119. The SMILES string of the molecule is COC(=O)Oc1ccc(/C=N\NC(=O)CN(c2cccc(Cl)c2C)S(=O)(=O)c2ccc(C)cc2)cc1OC. The molecule has 3 rings (SSSR count). The van der Waals surface area contributed by atoms with Gasteiger partial charge >= 0.3 is 6.16 Å². The molecule has 0 atom stereocenters. The summed E-state index contributed by atoms with van der Waals surface area (Å²) in [6.07, 6.45) is 0.420. The van der Waals surface area contributed by atoms with Gasteiger partial charge in [0, 0.05) is 5.02 Å². The molecule has 10 nitrogen and oxygen atoms in total. The van der Waals surface area contributed by atoms with E-state index >= 15 is 0 Å². The van der Waals surface area contributed by atoms with E-state index in [4.69, 9.17) is 21.1 Å². The number of anilines is 1. The van der Waals surface area contributed by atoms with Crippen molar-refractivity contribution < 1.29 is 32.2 Å². The average molecular weight is 560 g/mol. The first-order chi connectivity index (χ1) is 18.1. The minimum Gasteiger partial charge on any atom is -0.493 e. The number of ether oxygens (including phenoxy) is 3. The number of carbonyl (C=O) groups is 2. The number of nitrogens with zero attached hydrogens (tertiary/aromatic N) is 2. The van der Waals surface area contributed by atoms with Crippen LogP contribution in [-0.2, 0) is 19.6 Å². The van der Waals surface area contributed by atoms with E-state index in [0.717, 1.165) is 9.87 Å². The highest BCUT2D eigenvalue weighted by Crippen LogP contribution is 2.31. The third-order valence-electron chi connectivity index (χ3n) is 5.35. The van der Waals surface area contributed by atoms with Crippen molar-refractivity contribution in [3.05, 3.63) is 82.4 Å². The molecule has 0 fully saturated rings. The van der Waals surface area contributed by atoms with Crippen LogP contribution >= 0.6 is 11.6 Å². The van der Waals surface area contributed by atoms with Crippen molar-refractivity contribution in [3.8, 4) is 11.5 Å². The highest BCUT2D eigenvalue weighted by atomic mass is 35.5. The molecule has 0 spiro atoms. The molecule has 0 aliphatic carbocycles. The van der Waals surface area contributed by atoms with Gasteiger partial charge in [-0.2, -0.15) is 5.10 Å².